The third-order valence-corrected chi connectivity index (χ3v) is 1.62. The highest BCUT2D eigenvalue weighted by molar-refractivity contribution is 4.70. The number of likely N-dealkylation sites (N-methyl/N-ethyl adjacent to an activating group) is 1. The number of nitrogens with zero attached hydrogens (tertiary/aromatic N) is 2. The van der Waals surface area contributed by atoms with Gasteiger partial charge in [0.05, 0.1) is 6.07 Å². The number of nitrogens with one attached hydrogen (secondary N) is 1. The molecule has 64 valence electrons. The molecule has 0 atom stereocenters. The van der Waals surface area contributed by atoms with Crippen molar-refractivity contribution in [3.8, 4) is 6.07 Å². The molecule has 0 aromatic rings. The highest BCUT2D eigenvalue weighted by atomic mass is 15.1. The maximum Gasteiger partial charge on any atom is 0.0635 e. The Morgan fingerprint density at radius 3 is 2.73 bits per heavy atom. The van der Waals surface area contributed by atoms with Crippen molar-refractivity contribution in [2.75, 3.05) is 33.2 Å². The molecule has 0 saturated heterocycles. The van der Waals surface area contributed by atoms with Crippen LogP contribution in [0.3, 0.4) is 0 Å². The van der Waals surface area contributed by atoms with Gasteiger partial charge in [0.1, 0.15) is 0 Å². The molecular formula is C8H17N3. The van der Waals surface area contributed by atoms with Crippen molar-refractivity contribution in [3.63, 3.8) is 0 Å². The second kappa shape index (κ2) is 7.52. The molecule has 0 bridgehead atoms. The highest BCUT2D eigenvalue weighted by Gasteiger charge is 1.91. The van der Waals surface area contributed by atoms with Crippen LogP contribution in [0.1, 0.15) is 13.3 Å². The summed E-state index contributed by atoms with van der Waals surface area (Å²) >= 11 is 0. The Kier molecular flexibility index (Phi) is 7.11. The lowest BCUT2D eigenvalue weighted by atomic mass is 10.4. The van der Waals surface area contributed by atoms with Crippen LogP contribution in [-0.4, -0.2) is 38.1 Å². The summed E-state index contributed by atoms with van der Waals surface area (Å²) in [6.07, 6.45) is 0.607. The van der Waals surface area contributed by atoms with Crippen LogP contribution in [-0.2, 0) is 0 Å². The third kappa shape index (κ3) is 7.31. The van der Waals surface area contributed by atoms with E-state index < -0.39 is 0 Å². The van der Waals surface area contributed by atoms with Crippen molar-refractivity contribution in [1.29, 1.82) is 5.26 Å². The van der Waals surface area contributed by atoms with Gasteiger partial charge < -0.3 is 10.2 Å². The number of hydrogen-bond donors (Lipinski definition) is 1. The van der Waals surface area contributed by atoms with Crippen molar-refractivity contribution < 1.29 is 0 Å². The van der Waals surface area contributed by atoms with E-state index in [1.807, 2.05) is 0 Å². The lowest BCUT2D eigenvalue weighted by Crippen LogP contribution is -2.29. The fraction of sp³-hybridized carbons (Fsp3) is 0.875. The maximum absolute atomic E-state index is 8.22. The third-order valence-electron chi connectivity index (χ3n) is 1.62. The molecule has 0 spiro atoms. The van der Waals surface area contributed by atoms with Crippen LogP contribution in [0.4, 0.5) is 0 Å². The Bertz CT molecular complexity index is 117. The summed E-state index contributed by atoms with van der Waals surface area (Å²) < 4.78 is 0. The minimum Gasteiger partial charge on any atom is -0.314 e. The van der Waals surface area contributed by atoms with Gasteiger partial charge in [0.2, 0.25) is 0 Å². The van der Waals surface area contributed by atoms with Crippen LogP contribution < -0.4 is 5.32 Å². The molecule has 0 rings (SSSR count). The first-order valence-electron chi connectivity index (χ1n) is 4.07. The van der Waals surface area contributed by atoms with E-state index in [4.69, 9.17) is 5.26 Å². The first-order chi connectivity index (χ1) is 5.31. The van der Waals surface area contributed by atoms with E-state index in [9.17, 15) is 0 Å². The second-order valence-corrected chi connectivity index (χ2v) is 2.55. The molecule has 0 aromatic heterocycles. The van der Waals surface area contributed by atoms with Gasteiger partial charge in [-0.1, -0.05) is 6.92 Å². The predicted octanol–water partition coefficient (Wildman–Crippen LogP) is 0.441. The minimum atomic E-state index is 0.607. The van der Waals surface area contributed by atoms with Crippen molar-refractivity contribution in [2.45, 2.75) is 13.3 Å². The van der Waals surface area contributed by atoms with Gasteiger partial charge in [-0.05, 0) is 13.6 Å². The van der Waals surface area contributed by atoms with Gasteiger partial charge in [0, 0.05) is 26.1 Å². The molecule has 0 aliphatic heterocycles. The van der Waals surface area contributed by atoms with Crippen LogP contribution in [0.15, 0.2) is 0 Å². The summed E-state index contributed by atoms with van der Waals surface area (Å²) in [7, 11) is 2.09. The van der Waals surface area contributed by atoms with Crippen LogP contribution in [0, 0.1) is 11.3 Å². The lowest BCUT2D eigenvalue weighted by molar-refractivity contribution is 0.350. The Hall–Kier alpha value is -0.590. The van der Waals surface area contributed by atoms with Crippen LogP contribution in [0.5, 0.6) is 0 Å². The van der Waals surface area contributed by atoms with Gasteiger partial charge >= 0.3 is 0 Å². The second-order valence-electron chi connectivity index (χ2n) is 2.55. The molecule has 11 heavy (non-hydrogen) atoms. The molecule has 0 radical (unpaired) electrons. The van der Waals surface area contributed by atoms with E-state index in [0.717, 1.165) is 26.2 Å². The number of hydrogen-bond acceptors (Lipinski definition) is 3. The van der Waals surface area contributed by atoms with Gasteiger partial charge in [0.25, 0.3) is 0 Å². The normalized spacial score (nSPS) is 10.0. The van der Waals surface area contributed by atoms with Crippen molar-refractivity contribution >= 4 is 0 Å². The van der Waals surface area contributed by atoms with Gasteiger partial charge in [-0.15, -0.1) is 0 Å². The van der Waals surface area contributed by atoms with Gasteiger partial charge in [-0.2, -0.15) is 5.26 Å². The van der Waals surface area contributed by atoms with E-state index >= 15 is 0 Å². The van der Waals surface area contributed by atoms with Crippen molar-refractivity contribution in [3.05, 3.63) is 0 Å². The molecule has 0 aliphatic carbocycles. The van der Waals surface area contributed by atoms with Crippen LogP contribution in [0.2, 0.25) is 0 Å². The fourth-order valence-corrected chi connectivity index (χ4v) is 0.697. The zero-order valence-electron chi connectivity index (χ0n) is 7.43. The van der Waals surface area contributed by atoms with Crippen LogP contribution in [0.25, 0.3) is 0 Å². The molecule has 0 aromatic carbocycles. The highest BCUT2D eigenvalue weighted by Crippen LogP contribution is 1.77. The van der Waals surface area contributed by atoms with Crippen molar-refractivity contribution in [1.82, 2.24) is 10.2 Å². The van der Waals surface area contributed by atoms with Gasteiger partial charge in [0.15, 0.2) is 0 Å². The molecule has 0 saturated carbocycles. The smallest absolute Gasteiger partial charge is 0.0635 e. The molecule has 0 unspecified atom stereocenters. The Morgan fingerprint density at radius 1 is 1.45 bits per heavy atom. The van der Waals surface area contributed by atoms with E-state index in [0.29, 0.717) is 6.42 Å². The topological polar surface area (TPSA) is 39.1 Å². The SMILES string of the molecule is CCN(C)CCNCCC#N. The Labute approximate surface area is 69.0 Å². The zero-order valence-corrected chi connectivity index (χ0v) is 7.43. The Morgan fingerprint density at radius 2 is 2.18 bits per heavy atom. The summed E-state index contributed by atoms with van der Waals surface area (Å²) in [4.78, 5) is 2.24. The van der Waals surface area contributed by atoms with E-state index in [1.54, 1.807) is 0 Å². The number of rotatable bonds is 6. The fourth-order valence-electron chi connectivity index (χ4n) is 0.697. The van der Waals surface area contributed by atoms with E-state index in [-0.39, 0.29) is 0 Å². The number of nitriles is 1. The van der Waals surface area contributed by atoms with Crippen molar-refractivity contribution in [2.24, 2.45) is 0 Å². The summed E-state index contributed by atoms with van der Waals surface area (Å²) in [5, 5.41) is 11.4. The monoisotopic (exact) mass is 155 g/mol. The average Bonchev–Trinajstić information content (AvgIpc) is 2.04. The molecule has 3 nitrogen and oxygen atoms in total. The first kappa shape index (κ1) is 10.4. The molecule has 0 amide bonds. The van der Waals surface area contributed by atoms with Gasteiger partial charge in [-0.3, -0.25) is 0 Å². The molecule has 0 fully saturated rings. The van der Waals surface area contributed by atoms with E-state index in [2.05, 4.69) is 30.3 Å². The van der Waals surface area contributed by atoms with Crippen LogP contribution >= 0.6 is 0 Å². The molecule has 0 heterocycles. The Balaban J connectivity index is 2.97. The summed E-state index contributed by atoms with van der Waals surface area (Å²) in [6, 6.07) is 2.09. The summed E-state index contributed by atoms with van der Waals surface area (Å²) in [6.45, 7) is 6.07. The van der Waals surface area contributed by atoms with Gasteiger partial charge in [-0.25, -0.2) is 0 Å². The predicted molar refractivity (Wildman–Crippen MR) is 46.3 cm³/mol. The average molecular weight is 155 g/mol. The maximum atomic E-state index is 8.22. The lowest BCUT2D eigenvalue weighted by Gasteiger charge is -2.13. The minimum absolute atomic E-state index is 0.607. The summed E-state index contributed by atoms with van der Waals surface area (Å²) in [5.74, 6) is 0. The quantitative estimate of drug-likeness (QED) is 0.566. The molecular weight excluding hydrogens is 138 g/mol. The molecule has 3 heteroatoms. The molecule has 0 aliphatic rings. The standard InChI is InChI=1S/C8H17N3/c1-3-11(2)8-7-10-6-4-5-9/h10H,3-4,6-8H2,1-2H3. The zero-order chi connectivity index (χ0) is 8.53. The molecule has 1 N–H and O–H groups in total. The first-order valence-corrected chi connectivity index (χ1v) is 4.07. The largest absolute Gasteiger partial charge is 0.314 e. The summed E-state index contributed by atoms with van der Waals surface area (Å²) in [5.41, 5.74) is 0. The van der Waals surface area contributed by atoms with E-state index in [1.165, 1.54) is 0 Å².